The lowest BCUT2D eigenvalue weighted by Gasteiger charge is -2.15. The van der Waals surface area contributed by atoms with Crippen molar-refractivity contribution in [1.29, 1.82) is 0 Å². The minimum atomic E-state index is -0.0790. The number of rotatable bonds is 6. The highest BCUT2D eigenvalue weighted by atomic mass is 16.5. The summed E-state index contributed by atoms with van der Waals surface area (Å²) in [6.45, 7) is 4.12. The van der Waals surface area contributed by atoms with Crippen LogP contribution in [0.1, 0.15) is 37.0 Å². The summed E-state index contributed by atoms with van der Waals surface area (Å²) < 4.78 is 10.3. The molecule has 0 aliphatic rings. The van der Waals surface area contributed by atoms with Gasteiger partial charge in [0.2, 0.25) is 0 Å². The molecular weight excluding hydrogens is 230 g/mol. The van der Waals surface area contributed by atoms with E-state index in [1.807, 2.05) is 0 Å². The summed E-state index contributed by atoms with van der Waals surface area (Å²) in [5.41, 5.74) is 0.583. The second-order valence-electron chi connectivity index (χ2n) is 4.06. The Morgan fingerprint density at radius 2 is 1.78 bits per heavy atom. The van der Waals surface area contributed by atoms with Crippen LogP contribution in [0.3, 0.4) is 0 Å². The van der Waals surface area contributed by atoms with Crippen molar-refractivity contribution in [2.75, 3.05) is 14.2 Å². The van der Waals surface area contributed by atoms with Gasteiger partial charge in [-0.15, -0.1) is 0 Å². The number of carbonyl (C=O) groups excluding carboxylic acids is 1. The van der Waals surface area contributed by atoms with Gasteiger partial charge in [0.1, 0.15) is 0 Å². The van der Waals surface area contributed by atoms with Crippen LogP contribution < -0.4 is 14.8 Å². The molecule has 4 heteroatoms. The fraction of sp³-hybridized carbons (Fsp3) is 0.500. The van der Waals surface area contributed by atoms with Gasteiger partial charge in [-0.2, -0.15) is 0 Å². The average Bonchev–Trinajstić information content (AvgIpc) is 2.43. The molecule has 0 aromatic heterocycles. The van der Waals surface area contributed by atoms with E-state index in [4.69, 9.17) is 9.47 Å². The molecule has 0 radical (unpaired) electrons. The first-order valence-corrected chi connectivity index (χ1v) is 6.19. The van der Waals surface area contributed by atoms with Crippen LogP contribution in [-0.4, -0.2) is 26.2 Å². The number of hydrogen-bond acceptors (Lipinski definition) is 3. The number of nitrogens with one attached hydrogen (secondary N) is 1. The molecule has 1 aromatic carbocycles. The summed E-state index contributed by atoms with van der Waals surface area (Å²) >= 11 is 0. The van der Waals surface area contributed by atoms with E-state index in [0.29, 0.717) is 17.1 Å². The third kappa shape index (κ3) is 3.39. The van der Waals surface area contributed by atoms with Crippen molar-refractivity contribution in [3.8, 4) is 11.5 Å². The van der Waals surface area contributed by atoms with Crippen LogP contribution >= 0.6 is 0 Å². The van der Waals surface area contributed by atoms with E-state index >= 15 is 0 Å². The zero-order valence-corrected chi connectivity index (χ0v) is 11.4. The maximum Gasteiger partial charge on any atom is 0.251 e. The average molecular weight is 251 g/mol. The fourth-order valence-electron chi connectivity index (χ4n) is 1.74. The molecule has 1 amide bonds. The quantitative estimate of drug-likeness (QED) is 0.845. The number of ether oxygens (including phenoxy) is 2. The Bertz CT molecular complexity index is 400. The van der Waals surface area contributed by atoms with Crippen molar-refractivity contribution in [2.45, 2.75) is 32.7 Å². The summed E-state index contributed by atoms with van der Waals surface area (Å²) in [5, 5.41) is 2.99. The molecule has 1 N–H and O–H groups in total. The van der Waals surface area contributed by atoms with Crippen molar-refractivity contribution in [3.63, 3.8) is 0 Å². The molecule has 0 aliphatic carbocycles. The molecule has 1 rings (SSSR count). The number of amides is 1. The smallest absolute Gasteiger partial charge is 0.251 e. The highest BCUT2D eigenvalue weighted by molar-refractivity contribution is 5.95. The maximum atomic E-state index is 12.0. The van der Waals surface area contributed by atoms with Gasteiger partial charge in [-0.05, 0) is 31.0 Å². The normalized spacial score (nSPS) is 10.3. The van der Waals surface area contributed by atoms with E-state index in [1.165, 1.54) is 0 Å². The molecule has 0 saturated carbocycles. The van der Waals surface area contributed by atoms with Crippen molar-refractivity contribution >= 4 is 5.91 Å². The Morgan fingerprint density at radius 1 is 1.17 bits per heavy atom. The molecule has 0 unspecified atom stereocenters. The monoisotopic (exact) mass is 251 g/mol. The molecule has 0 heterocycles. The predicted molar refractivity (Wildman–Crippen MR) is 71.4 cm³/mol. The third-order valence-electron chi connectivity index (χ3n) is 2.97. The van der Waals surface area contributed by atoms with Crippen molar-refractivity contribution in [2.24, 2.45) is 0 Å². The van der Waals surface area contributed by atoms with Gasteiger partial charge in [-0.25, -0.2) is 0 Å². The molecule has 0 bridgehead atoms. The Morgan fingerprint density at radius 3 is 2.28 bits per heavy atom. The number of carbonyl (C=O) groups is 1. The summed E-state index contributed by atoms with van der Waals surface area (Å²) in [5.74, 6) is 1.11. The highest BCUT2D eigenvalue weighted by Crippen LogP contribution is 2.27. The predicted octanol–water partition coefficient (Wildman–Crippen LogP) is 2.62. The van der Waals surface area contributed by atoms with Crippen molar-refractivity contribution in [3.05, 3.63) is 23.8 Å². The molecule has 0 spiro atoms. The molecule has 1 aromatic rings. The van der Waals surface area contributed by atoms with E-state index in [0.717, 1.165) is 12.8 Å². The maximum absolute atomic E-state index is 12.0. The van der Waals surface area contributed by atoms with Gasteiger partial charge in [0.15, 0.2) is 11.5 Å². The highest BCUT2D eigenvalue weighted by Gasteiger charge is 2.13. The zero-order valence-electron chi connectivity index (χ0n) is 11.4. The van der Waals surface area contributed by atoms with Crippen LogP contribution in [0.5, 0.6) is 11.5 Å². The molecule has 0 saturated heterocycles. The van der Waals surface area contributed by atoms with Gasteiger partial charge in [-0.1, -0.05) is 13.8 Å². The molecular formula is C14H21NO3. The van der Waals surface area contributed by atoms with Gasteiger partial charge >= 0.3 is 0 Å². The van der Waals surface area contributed by atoms with Crippen molar-refractivity contribution < 1.29 is 14.3 Å². The third-order valence-corrected chi connectivity index (χ3v) is 2.97. The van der Waals surface area contributed by atoms with Gasteiger partial charge in [0, 0.05) is 11.6 Å². The van der Waals surface area contributed by atoms with Crippen LogP contribution in [-0.2, 0) is 0 Å². The Labute approximate surface area is 108 Å². The number of hydrogen-bond donors (Lipinski definition) is 1. The molecule has 4 nitrogen and oxygen atoms in total. The van der Waals surface area contributed by atoms with Crippen molar-refractivity contribution in [1.82, 2.24) is 5.32 Å². The number of methoxy groups -OCH3 is 2. The van der Waals surface area contributed by atoms with E-state index in [9.17, 15) is 4.79 Å². The van der Waals surface area contributed by atoms with E-state index in [1.54, 1.807) is 32.4 Å². The lowest BCUT2D eigenvalue weighted by Crippen LogP contribution is -2.33. The van der Waals surface area contributed by atoms with E-state index in [-0.39, 0.29) is 11.9 Å². The summed E-state index contributed by atoms with van der Waals surface area (Å²) in [4.78, 5) is 12.0. The largest absolute Gasteiger partial charge is 0.493 e. The standard InChI is InChI=1S/C14H21NO3/c1-5-11(6-2)15-14(16)10-7-8-12(17-3)13(9-10)18-4/h7-9,11H,5-6H2,1-4H3,(H,15,16). The summed E-state index contributed by atoms with van der Waals surface area (Å²) in [7, 11) is 3.13. The first-order chi connectivity index (χ1) is 8.65. The SMILES string of the molecule is CCC(CC)NC(=O)c1ccc(OC)c(OC)c1. The first-order valence-electron chi connectivity index (χ1n) is 6.19. The van der Waals surface area contributed by atoms with Gasteiger partial charge in [0.25, 0.3) is 5.91 Å². The van der Waals surface area contributed by atoms with Gasteiger partial charge < -0.3 is 14.8 Å². The fourth-order valence-corrected chi connectivity index (χ4v) is 1.74. The molecule has 0 aliphatic heterocycles. The summed E-state index contributed by atoms with van der Waals surface area (Å²) in [6, 6.07) is 5.38. The topological polar surface area (TPSA) is 47.6 Å². The van der Waals surface area contributed by atoms with Crippen LogP contribution in [0.15, 0.2) is 18.2 Å². The van der Waals surface area contributed by atoms with Crippen LogP contribution in [0.25, 0.3) is 0 Å². The summed E-state index contributed by atoms with van der Waals surface area (Å²) in [6.07, 6.45) is 1.85. The van der Waals surface area contributed by atoms with Crippen LogP contribution in [0.2, 0.25) is 0 Å². The molecule has 0 atom stereocenters. The Balaban J connectivity index is 2.86. The Kier molecular flexibility index (Phi) is 5.49. The van der Waals surface area contributed by atoms with E-state index < -0.39 is 0 Å². The van der Waals surface area contributed by atoms with Crippen LogP contribution in [0, 0.1) is 0 Å². The number of benzene rings is 1. The zero-order chi connectivity index (χ0) is 13.5. The Hall–Kier alpha value is -1.71. The van der Waals surface area contributed by atoms with Crippen LogP contribution in [0.4, 0.5) is 0 Å². The van der Waals surface area contributed by atoms with E-state index in [2.05, 4.69) is 19.2 Å². The first kappa shape index (κ1) is 14.4. The second kappa shape index (κ2) is 6.89. The minimum absolute atomic E-state index is 0.0790. The molecule has 18 heavy (non-hydrogen) atoms. The van der Waals surface area contributed by atoms with Gasteiger partial charge in [-0.3, -0.25) is 4.79 Å². The molecule has 100 valence electrons. The van der Waals surface area contributed by atoms with Gasteiger partial charge in [0.05, 0.1) is 14.2 Å². The molecule has 0 fully saturated rings. The second-order valence-corrected chi connectivity index (χ2v) is 4.06. The minimum Gasteiger partial charge on any atom is -0.493 e. The lowest BCUT2D eigenvalue weighted by molar-refractivity contribution is 0.0934. The lowest BCUT2D eigenvalue weighted by atomic mass is 10.1.